The molecule has 3 rings (SSSR count). The number of thioether (sulfide) groups is 1. The highest BCUT2D eigenvalue weighted by atomic mass is 32.2. The van der Waals surface area contributed by atoms with E-state index in [1.54, 1.807) is 18.2 Å². The molecule has 26 heavy (non-hydrogen) atoms. The van der Waals surface area contributed by atoms with Gasteiger partial charge in [0, 0.05) is 12.1 Å². The maximum absolute atomic E-state index is 12.7. The molecular weight excluding hydrogens is 376 g/mol. The molecule has 1 heterocycles. The van der Waals surface area contributed by atoms with Gasteiger partial charge in [-0.3, -0.25) is 19.8 Å². The van der Waals surface area contributed by atoms with Crippen molar-refractivity contribution in [2.24, 2.45) is 0 Å². The number of carbonyl (C=O) groups excluding carboxylic acids is 1. The second-order valence-corrected chi connectivity index (χ2v) is 6.90. The molecule has 2 aromatic rings. The fraction of sp³-hybridized carbons (Fsp3) is 0. The number of hydrogen-bond donors (Lipinski definition) is 1. The second-order valence-electron chi connectivity index (χ2n) is 5.22. The van der Waals surface area contributed by atoms with Crippen LogP contribution in [0.2, 0.25) is 0 Å². The number of rotatable bonds is 4. The lowest BCUT2D eigenvalue weighted by molar-refractivity contribution is -0.384. The summed E-state index contributed by atoms with van der Waals surface area (Å²) < 4.78 is 0.296. The Kier molecular flexibility index (Phi) is 4.83. The number of thiocarbonyl (C=S) groups is 1. The highest BCUT2D eigenvalue weighted by Crippen LogP contribution is 2.36. The Labute approximate surface area is 157 Å². The molecule has 0 aromatic heterocycles. The second kappa shape index (κ2) is 7.06. The summed E-state index contributed by atoms with van der Waals surface area (Å²) in [7, 11) is 0. The van der Waals surface area contributed by atoms with Gasteiger partial charge in [-0.2, -0.15) is 0 Å². The molecule has 1 N–H and O–H groups in total. The lowest BCUT2D eigenvalue weighted by Crippen LogP contribution is -2.27. The minimum atomic E-state index is -1.06. The van der Waals surface area contributed by atoms with Gasteiger partial charge in [-0.1, -0.05) is 36.1 Å². The Hall–Kier alpha value is -3.04. The summed E-state index contributed by atoms with van der Waals surface area (Å²) >= 11 is 6.33. The number of hydrogen-bond acceptors (Lipinski definition) is 6. The molecule has 1 amide bonds. The average Bonchev–Trinajstić information content (AvgIpc) is 2.89. The molecule has 1 saturated heterocycles. The van der Waals surface area contributed by atoms with Crippen molar-refractivity contribution in [1.82, 2.24) is 0 Å². The maximum Gasteiger partial charge on any atom is 0.335 e. The quantitative estimate of drug-likeness (QED) is 0.370. The smallest absolute Gasteiger partial charge is 0.335 e. The number of carbonyl (C=O) groups is 2. The van der Waals surface area contributed by atoms with Gasteiger partial charge in [0.1, 0.15) is 0 Å². The molecule has 130 valence electrons. The summed E-state index contributed by atoms with van der Waals surface area (Å²) in [6.45, 7) is 0. The number of non-ortho nitro benzene ring substituents is 1. The van der Waals surface area contributed by atoms with Crippen molar-refractivity contribution in [1.29, 1.82) is 0 Å². The third-order valence-electron chi connectivity index (χ3n) is 3.54. The zero-order valence-corrected chi connectivity index (χ0v) is 14.6. The average molecular weight is 386 g/mol. The largest absolute Gasteiger partial charge is 0.478 e. The van der Waals surface area contributed by atoms with Crippen molar-refractivity contribution in [2.75, 3.05) is 4.90 Å². The van der Waals surface area contributed by atoms with Crippen LogP contribution in [0.1, 0.15) is 15.9 Å². The molecule has 9 heteroatoms. The zero-order chi connectivity index (χ0) is 18.8. The molecule has 0 bridgehead atoms. The van der Waals surface area contributed by atoms with E-state index in [9.17, 15) is 19.7 Å². The van der Waals surface area contributed by atoms with Crippen molar-refractivity contribution in [3.8, 4) is 0 Å². The molecule has 0 saturated carbocycles. The number of carboxylic acid groups (broad SMARTS) is 1. The van der Waals surface area contributed by atoms with Crippen molar-refractivity contribution < 1.29 is 19.6 Å². The van der Waals surface area contributed by atoms with E-state index in [2.05, 4.69) is 0 Å². The minimum absolute atomic E-state index is 0.0831. The van der Waals surface area contributed by atoms with Crippen LogP contribution in [0.5, 0.6) is 0 Å². The number of aromatic carboxylic acids is 1. The van der Waals surface area contributed by atoms with Crippen molar-refractivity contribution >= 4 is 57.6 Å². The fourth-order valence-corrected chi connectivity index (χ4v) is 3.63. The van der Waals surface area contributed by atoms with Gasteiger partial charge in [0.15, 0.2) is 4.32 Å². The first kappa shape index (κ1) is 17.8. The van der Waals surface area contributed by atoms with Gasteiger partial charge < -0.3 is 5.11 Å². The normalized spacial score (nSPS) is 15.5. The molecule has 1 fully saturated rings. The van der Waals surface area contributed by atoms with Crippen LogP contribution in [0.3, 0.4) is 0 Å². The predicted molar refractivity (Wildman–Crippen MR) is 102 cm³/mol. The predicted octanol–water partition coefficient (Wildman–Crippen LogP) is 3.70. The number of amides is 1. The Morgan fingerprint density at radius 1 is 1.23 bits per heavy atom. The number of carboxylic acids is 1. The fourth-order valence-electron chi connectivity index (χ4n) is 2.33. The van der Waals surface area contributed by atoms with Crippen molar-refractivity contribution in [2.45, 2.75) is 0 Å². The van der Waals surface area contributed by atoms with E-state index in [0.717, 1.165) is 11.8 Å². The number of anilines is 1. The summed E-state index contributed by atoms with van der Waals surface area (Å²) in [5, 5.41) is 19.8. The molecule has 0 atom stereocenters. The summed E-state index contributed by atoms with van der Waals surface area (Å²) in [5.41, 5.74) is 1.03. The lowest BCUT2D eigenvalue weighted by Gasteiger charge is -2.13. The van der Waals surface area contributed by atoms with Gasteiger partial charge in [-0.05, 0) is 35.9 Å². The Balaban J connectivity index is 1.90. The van der Waals surface area contributed by atoms with E-state index >= 15 is 0 Å². The van der Waals surface area contributed by atoms with Crippen LogP contribution in [0.15, 0.2) is 53.4 Å². The van der Waals surface area contributed by atoms with E-state index in [4.69, 9.17) is 17.3 Å². The molecule has 0 radical (unpaired) electrons. The van der Waals surface area contributed by atoms with Crippen LogP contribution >= 0.6 is 24.0 Å². The van der Waals surface area contributed by atoms with E-state index in [0.29, 0.717) is 20.5 Å². The number of nitrogens with zero attached hydrogens (tertiary/aromatic N) is 2. The first-order chi connectivity index (χ1) is 12.4. The van der Waals surface area contributed by atoms with Crippen molar-refractivity contribution in [3.63, 3.8) is 0 Å². The summed E-state index contributed by atoms with van der Waals surface area (Å²) in [6.07, 6.45) is 1.57. The number of benzene rings is 2. The van der Waals surface area contributed by atoms with Gasteiger partial charge in [-0.25, -0.2) is 4.79 Å². The molecule has 0 spiro atoms. The molecular formula is C17H10N2O5S2. The third-order valence-corrected chi connectivity index (χ3v) is 4.85. The van der Waals surface area contributed by atoms with Gasteiger partial charge in [0.2, 0.25) is 0 Å². The summed E-state index contributed by atoms with van der Waals surface area (Å²) in [4.78, 5) is 35.6. The minimum Gasteiger partial charge on any atom is -0.478 e. The van der Waals surface area contributed by atoms with Crippen molar-refractivity contribution in [3.05, 3.63) is 74.7 Å². The zero-order valence-electron chi connectivity index (χ0n) is 13.0. The highest BCUT2D eigenvalue weighted by molar-refractivity contribution is 8.27. The van der Waals surface area contributed by atoms with Gasteiger partial charge in [0.05, 0.1) is 21.1 Å². The summed E-state index contributed by atoms with van der Waals surface area (Å²) in [5.74, 6) is -1.42. The maximum atomic E-state index is 12.7. The SMILES string of the molecule is O=C(O)c1cccc(/C=C2/SC(=S)N(c3ccc([N+](=O)[O-])cc3)C2=O)c1. The van der Waals surface area contributed by atoms with Crippen LogP contribution in [-0.4, -0.2) is 26.2 Å². The first-order valence-corrected chi connectivity index (χ1v) is 8.45. The topological polar surface area (TPSA) is 101 Å². The Morgan fingerprint density at radius 2 is 1.92 bits per heavy atom. The van der Waals surface area contributed by atoms with Gasteiger partial charge in [-0.15, -0.1) is 0 Å². The Bertz CT molecular complexity index is 969. The van der Waals surface area contributed by atoms with Crippen LogP contribution in [0.25, 0.3) is 6.08 Å². The molecule has 0 aliphatic carbocycles. The summed E-state index contributed by atoms with van der Waals surface area (Å²) in [6, 6.07) is 11.7. The number of nitro groups is 1. The monoisotopic (exact) mass is 386 g/mol. The van der Waals surface area contributed by atoms with E-state index in [-0.39, 0.29) is 17.2 Å². The molecule has 2 aromatic carbocycles. The lowest BCUT2D eigenvalue weighted by atomic mass is 10.1. The standard InChI is InChI=1S/C17H10N2O5S2/c20-15-14(9-10-2-1-3-11(8-10)16(21)22)26-17(25)18(15)12-4-6-13(7-5-12)19(23)24/h1-9H,(H,21,22)/b14-9+. The molecule has 1 aliphatic heterocycles. The van der Waals surface area contributed by atoms with Gasteiger partial charge >= 0.3 is 5.97 Å². The van der Waals surface area contributed by atoms with Crippen LogP contribution < -0.4 is 4.90 Å². The molecule has 1 aliphatic rings. The van der Waals surface area contributed by atoms with Gasteiger partial charge in [0.25, 0.3) is 11.6 Å². The number of nitro benzene ring substituents is 1. The molecule has 0 unspecified atom stereocenters. The van der Waals surface area contributed by atoms with E-state index in [1.807, 2.05) is 0 Å². The third kappa shape index (κ3) is 3.48. The van der Waals surface area contributed by atoms with E-state index in [1.165, 1.54) is 41.3 Å². The van der Waals surface area contributed by atoms with Crippen LogP contribution in [0, 0.1) is 10.1 Å². The van der Waals surface area contributed by atoms with Crippen LogP contribution in [-0.2, 0) is 4.79 Å². The molecule has 7 nitrogen and oxygen atoms in total. The Morgan fingerprint density at radius 3 is 2.54 bits per heavy atom. The first-order valence-electron chi connectivity index (χ1n) is 7.22. The highest BCUT2D eigenvalue weighted by Gasteiger charge is 2.33. The van der Waals surface area contributed by atoms with E-state index < -0.39 is 10.9 Å². The van der Waals surface area contributed by atoms with Crippen LogP contribution in [0.4, 0.5) is 11.4 Å².